The van der Waals surface area contributed by atoms with Crippen LogP contribution >= 0.6 is 12.4 Å². The Morgan fingerprint density at radius 3 is 2.35 bits per heavy atom. The molecule has 0 aromatic rings. The van der Waals surface area contributed by atoms with Crippen molar-refractivity contribution in [1.82, 2.24) is 15.1 Å². The number of carbonyl (C=O) groups excluding carboxylic acids is 2. The second kappa shape index (κ2) is 8.34. The number of amides is 2. The summed E-state index contributed by atoms with van der Waals surface area (Å²) in [6.07, 6.45) is 4.45. The zero-order valence-electron chi connectivity index (χ0n) is 14.9. The predicted octanol–water partition coefficient (Wildman–Crippen LogP) is 2.05. The zero-order valence-corrected chi connectivity index (χ0v) is 15.7. The fourth-order valence-electron chi connectivity index (χ4n) is 3.62. The summed E-state index contributed by atoms with van der Waals surface area (Å²) in [7, 11) is 1.87. The molecule has 5 nitrogen and oxygen atoms in total. The summed E-state index contributed by atoms with van der Waals surface area (Å²) in [6, 6.07) is 0.234. The molecule has 2 aliphatic rings. The summed E-state index contributed by atoms with van der Waals surface area (Å²) < 4.78 is 0. The first-order valence-electron chi connectivity index (χ1n) is 8.72. The summed E-state index contributed by atoms with van der Waals surface area (Å²) in [5.41, 5.74) is -0.342. The van der Waals surface area contributed by atoms with Gasteiger partial charge in [-0.1, -0.05) is 6.92 Å². The topological polar surface area (TPSA) is 52.7 Å². The molecular formula is C17H32ClN3O2. The average molecular weight is 346 g/mol. The smallest absolute Gasteiger partial charge is 0.242 e. The Kier molecular flexibility index (Phi) is 7.33. The molecule has 6 heteroatoms. The summed E-state index contributed by atoms with van der Waals surface area (Å²) in [6.45, 7) is 8.52. The van der Waals surface area contributed by atoms with Gasteiger partial charge in [0.2, 0.25) is 11.8 Å². The van der Waals surface area contributed by atoms with E-state index in [2.05, 4.69) is 12.2 Å². The van der Waals surface area contributed by atoms with Gasteiger partial charge < -0.3 is 15.1 Å². The summed E-state index contributed by atoms with van der Waals surface area (Å²) in [5, 5.41) is 3.42. The minimum absolute atomic E-state index is 0. The molecule has 134 valence electrons. The Balaban J connectivity index is 0.00000264. The Morgan fingerprint density at radius 2 is 1.91 bits per heavy atom. The van der Waals surface area contributed by atoms with Crippen LogP contribution in [0.3, 0.4) is 0 Å². The highest BCUT2D eigenvalue weighted by Crippen LogP contribution is 2.28. The first-order valence-corrected chi connectivity index (χ1v) is 8.72. The molecule has 2 heterocycles. The van der Waals surface area contributed by atoms with Crippen LogP contribution in [0.5, 0.6) is 0 Å². The highest BCUT2D eigenvalue weighted by Gasteiger charge is 2.43. The molecule has 0 radical (unpaired) electrons. The summed E-state index contributed by atoms with van der Waals surface area (Å²) in [4.78, 5) is 29.0. The average Bonchev–Trinajstić information content (AvgIpc) is 3.03. The maximum absolute atomic E-state index is 12.8. The van der Waals surface area contributed by atoms with Crippen LogP contribution in [0, 0.1) is 5.92 Å². The van der Waals surface area contributed by atoms with E-state index in [9.17, 15) is 9.59 Å². The van der Waals surface area contributed by atoms with E-state index in [4.69, 9.17) is 0 Å². The number of nitrogens with one attached hydrogen (secondary N) is 1. The minimum Gasteiger partial charge on any atom is -0.343 e. The van der Waals surface area contributed by atoms with Gasteiger partial charge in [0.1, 0.15) is 0 Å². The van der Waals surface area contributed by atoms with Crippen LogP contribution in [-0.2, 0) is 9.59 Å². The molecule has 0 bridgehead atoms. The van der Waals surface area contributed by atoms with Crippen molar-refractivity contribution < 1.29 is 9.59 Å². The molecule has 0 saturated carbocycles. The Labute approximate surface area is 146 Å². The van der Waals surface area contributed by atoms with E-state index < -0.39 is 0 Å². The molecule has 2 rings (SSSR count). The fraction of sp³-hybridized carbons (Fsp3) is 0.882. The number of nitrogens with zero attached hydrogens (tertiary/aromatic N) is 2. The van der Waals surface area contributed by atoms with Crippen molar-refractivity contribution in [3.63, 3.8) is 0 Å². The van der Waals surface area contributed by atoms with Gasteiger partial charge in [0, 0.05) is 32.1 Å². The van der Waals surface area contributed by atoms with Crippen molar-refractivity contribution in [3.8, 4) is 0 Å². The number of rotatable bonds is 4. The number of likely N-dealkylation sites (tertiary alicyclic amines) is 1. The number of hydrogen-bond donors (Lipinski definition) is 1. The molecule has 0 aromatic carbocycles. The molecule has 2 fully saturated rings. The monoisotopic (exact) mass is 345 g/mol. The van der Waals surface area contributed by atoms with Crippen molar-refractivity contribution in [2.24, 2.45) is 5.92 Å². The number of piperidine rings is 1. The third kappa shape index (κ3) is 4.18. The molecule has 0 spiro atoms. The van der Waals surface area contributed by atoms with E-state index in [1.54, 1.807) is 0 Å². The molecule has 2 aliphatic heterocycles. The Morgan fingerprint density at radius 1 is 1.30 bits per heavy atom. The lowest BCUT2D eigenvalue weighted by atomic mass is 9.89. The standard InChI is InChI=1S/C17H31N3O2.ClH/c1-5-17(9-6-10-18-17)16(22)20-11-7-14(8-12-20)15(21)19(4)13(2)3;/h13-14,18H,5-12H2,1-4H3;1H. The zero-order chi connectivity index (χ0) is 16.3. The quantitative estimate of drug-likeness (QED) is 0.848. The molecule has 1 atom stereocenters. The normalized spacial score (nSPS) is 25.3. The van der Waals surface area contributed by atoms with Gasteiger partial charge in [0.25, 0.3) is 0 Å². The van der Waals surface area contributed by atoms with Gasteiger partial charge in [-0.05, 0) is 52.5 Å². The Bertz CT molecular complexity index is 414. The van der Waals surface area contributed by atoms with Crippen LogP contribution in [0.4, 0.5) is 0 Å². The van der Waals surface area contributed by atoms with E-state index in [1.807, 2.05) is 30.7 Å². The van der Waals surface area contributed by atoms with Crippen LogP contribution < -0.4 is 5.32 Å². The van der Waals surface area contributed by atoms with Gasteiger partial charge in [0.05, 0.1) is 5.54 Å². The van der Waals surface area contributed by atoms with Crippen LogP contribution in [0.25, 0.3) is 0 Å². The lowest BCUT2D eigenvalue weighted by molar-refractivity contribution is -0.144. The van der Waals surface area contributed by atoms with Gasteiger partial charge in [-0.15, -0.1) is 12.4 Å². The predicted molar refractivity (Wildman–Crippen MR) is 94.7 cm³/mol. The van der Waals surface area contributed by atoms with Crippen molar-refractivity contribution in [3.05, 3.63) is 0 Å². The number of halogens is 1. The van der Waals surface area contributed by atoms with Crippen LogP contribution in [0.2, 0.25) is 0 Å². The van der Waals surface area contributed by atoms with Crippen molar-refractivity contribution in [1.29, 1.82) is 0 Å². The maximum atomic E-state index is 12.8. The molecule has 1 unspecified atom stereocenters. The largest absolute Gasteiger partial charge is 0.343 e. The van der Waals surface area contributed by atoms with Crippen LogP contribution in [0.1, 0.15) is 52.9 Å². The fourth-order valence-corrected chi connectivity index (χ4v) is 3.62. The van der Waals surface area contributed by atoms with E-state index >= 15 is 0 Å². The van der Waals surface area contributed by atoms with E-state index in [0.717, 1.165) is 38.6 Å². The molecule has 1 N–H and O–H groups in total. The lowest BCUT2D eigenvalue weighted by Gasteiger charge is -2.39. The van der Waals surface area contributed by atoms with Gasteiger partial charge in [0.15, 0.2) is 0 Å². The summed E-state index contributed by atoms with van der Waals surface area (Å²) >= 11 is 0. The highest BCUT2D eigenvalue weighted by atomic mass is 35.5. The van der Waals surface area contributed by atoms with Crippen molar-refractivity contribution >= 4 is 24.2 Å². The second-order valence-electron chi connectivity index (χ2n) is 7.08. The molecule has 0 aromatic heterocycles. The molecular weight excluding hydrogens is 314 g/mol. The van der Waals surface area contributed by atoms with E-state index in [1.165, 1.54) is 0 Å². The third-order valence-corrected chi connectivity index (χ3v) is 5.51. The summed E-state index contributed by atoms with van der Waals surface area (Å²) in [5.74, 6) is 0.549. The van der Waals surface area contributed by atoms with Gasteiger partial charge in [-0.2, -0.15) is 0 Å². The molecule has 2 saturated heterocycles. The lowest BCUT2D eigenvalue weighted by Crippen LogP contribution is -2.56. The van der Waals surface area contributed by atoms with Crippen molar-refractivity contribution in [2.75, 3.05) is 26.7 Å². The first-order chi connectivity index (χ1) is 10.4. The molecule has 0 aliphatic carbocycles. The van der Waals surface area contributed by atoms with Crippen molar-refractivity contribution in [2.45, 2.75) is 64.5 Å². The van der Waals surface area contributed by atoms with Gasteiger partial charge >= 0.3 is 0 Å². The SMILES string of the molecule is CCC1(C(=O)N2CCC(C(=O)N(C)C(C)C)CC2)CCCN1.Cl. The molecule has 23 heavy (non-hydrogen) atoms. The highest BCUT2D eigenvalue weighted by molar-refractivity contribution is 5.87. The van der Waals surface area contributed by atoms with Crippen LogP contribution in [0.15, 0.2) is 0 Å². The molecule has 2 amide bonds. The Hall–Kier alpha value is -0.810. The second-order valence-corrected chi connectivity index (χ2v) is 7.08. The number of hydrogen-bond acceptors (Lipinski definition) is 3. The third-order valence-electron chi connectivity index (χ3n) is 5.51. The maximum Gasteiger partial charge on any atom is 0.242 e. The number of carbonyl (C=O) groups is 2. The first kappa shape index (κ1) is 20.2. The van der Waals surface area contributed by atoms with E-state index in [0.29, 0.717) is 13.1 Å². The van der Waals surface area contributed by atoms with Gasteiger partial charge in [-0.3, -0.25) is 9.59 Å². The van der Waals surface area contributed by atoms with E-state index in [-0.39, 0.29) is 41.7 Å². The van der Waals surface area contributed by atoms with Crippen LogP contribution in [-0.4, -0.2) is 59.9 Å². The van der Waals surface area contributed by atoms with Gasteiger partial charge in [-0.25, -0.2) is 0 Å². The minimum atomic E-state index is -0.342.